The van der Waals surface area contributed by atoms with Crippen molar-refractivity contribution in [2.45, 2.75) is 25.7 Å². The maximum Gasteiger partial charge on any atom is 0.332 e. The Bertz CT molecular complexity index is 1230. The monoisotopic (exact) mass is 411 g/mol. The third kappa shape index (κ3) is 3.21. The van der Waals surface area contributed by atoms with Gasteiger partial charge in [0.15, 0.2) is 5.13 Å². The van der Waals surface area contributed by atoms with Crippen molar-refractivity contribution in [3.05, 3.63) is 61.9 Å². The zero-order valence-corrected chi connectivity index (χ0v) is 17.2. The maximum absolute atomic E-state index is 13.3. The second-order valence-corrected chi connectivity index (χ2v) is 8.11. The van der Waals surface area contributed by atoms with Gasteiger partial charge in [-0.25, -0.2) is 14.8 Å². The molecule has 0 aromatic carbocycles. The third-order valence-electron chi connectivity index (χ3n) is 5.14. The van der Waals surface area contributed by atoms with E-state index in [1.807, 2.05) is 0 Å². The molecule has 29 heavy (non-hydrogen) atoms. The number of hydrogen-bond acceptors (Lipinski definition) is 6. The fraction of sp³-hybridized carbons (Fsp3) is 0.350. The van der Waals surface area contributed by atoms with E-state index in [1.165, 1.54) is 47.0 Å². The minimum Gasteiger partial charge on any atom is -0.280 e. The van der Waals surface area contributed by atoms with Crippen LogP contribution in [0.3, 0.4) is 0 Å². The van der Waals surface area contributed by atoms with Gasteiger partial charge in [0.25, 0.3) is 11.5 Å². The maximum atomic E-state index is 13.3. The zero-order valence-electron chi connectivity index (χ0n) is 16.3. The lowest BCUT2D eigenvalue weighted by Crippen LogP contribution is -2.38. The van der Waals surface area contributed by atoms with Crippen molar-refractivity contribution in [2.24, 2.45) is 14.1 Å². The number of amides is 1. The van der Waals surface area contributed by atoms with Gasteiger partial charge in [0.1, 0.15) is 11.3 Å². The van der Waals surface area contributed by atoms with E-state index >= 15 is 0 Å². The van der Waals surface area contributed by atoms with Gasteiger partial charge < -0.3 is 0 Å². The van der Waals surface area contributed by atoms with Crippen LogP contribution < -0.4 is 16.1 Å². The van der Waals surface area contributed by atoms with Crippen LogP contribution in [0, 0.1) is 0 Å². The molecule has 1 aliphatic rings. The molecule has 0 fully saturated rings. The Labute approximate surface area is 170 Å². The summed E-state index contributed by atoms with van der Waals surface area (Å²) in [4.78, 5) is 49.6. The smallest absolute Gasteiger partial charge is 0.280 e. The molecular formula is C20H21N5O3S. The van der Waals surface area contributed by atoms with E-state index in [2.05, 4.69) is 16.5 Å². The number of rotatable bonds is 4. The Hall–Kier alpha value is -3.07. The molecule has 0 radical (unpaired) electrons. The molecule has 0 saturated heterocycles. The average molecular weight is 411 g/mol. The number of pyridine rings is 1. The van der Waals surface area contributed by atoms with Gasteiger partial charge >= 0.3 is 5.69 Å². The minimum atomic E-state index is -0.491. The first-order valence-corrected chi connectivity index (χ1v) is 10.2. The summed E-state index contributed by atoms with van der Waals surface area (Å²) < 4.78 is 2.29. The molecule has 3 aromatic heterocycles. The summed E-state index contributed by atoms with van der Waals surface area (Å²) in [6, 6.07) is 3.05. The zero-order chi connectivity index (χ0) is 20.7. The molecule has 8 nitrogen and oxygen atoms in total. The van der Waals surface area contributed by atoms with Crippen molar-refractivity contribution in [1.82, 2.24) is 19.1 Å². The first kappa shape index (κ1) is 19.3. The molecule has 0 aliphatic heterocycles. The van der Waals surface area contributed by atoms with Crippen LogP contribution in [-0.2, 0) is 26.9 Å². The van der Waals surface area contributed by atoms with Crippen LogP contribution in [-0.4, -0.2) is 31.6 Å². The molecule has 3 aromatic rings. The van der Waals surface area contributed by atoms with E-state index in [0.29, 0.717) is 11.7 Å². The molecule has 1 aliphatic carbocycles. The van der Waals surface area contributed by atoms with E-state index in [1.54, 1.807) is 11.0 Å². The first-order valence-electron chi connectivity index (χ1n) is 9.40. The Morgan fingerprint density at radius 1 is 1.21 bits per heavy atom. The SMILES string of the molecule is C=CCN(C(=O)c1ccc2c(=O)n(C)c(=O)n(C)c2n1)c1nc2c(s1)CCCC2. The van der Waals surface area contributed by atoms with Gasteiger partial charge in [-0.3, -0.25) is 23.6 Å². The summed E-state index contributed by atoms with van der Waals surface area (Å²) in [5.41, 5.74) is 0.465. The predicted octanol–water partition coefficient (Wildman–Crippen LogP) is 1.80. The van der Waals surface area contributed by atoms with Gasteiger partial charge in [-0.05, 0) is 37.8 Å². The van der Waals surface area contributed by atoms with Gasteiger partial charge in [0, 0.05) is 25.5 Å². The van der Waals surface area contributed by atoms with Crippen LogP contribution in [0.5, 0.6) is 0 Å². The van der Waals surface area contributed by atoms with Crippen LogP contribution in [0.2, 0.25) is 0 Å². The topological polar surface area (TPSA) is 90.1 Å². The van der Waals surface area contributed by atoms with Gasteiger partial charge in [0.05, 0.1) is 11.1 Å². The Morgan fingerprint density at radius 2 is 1.97 bits per heavy atom. The Balaban J connectivity index is 1.79. The lowest BCUT2D eigenvalue weighted by Gasteiger charge is -2.18. The summed E-state index contributed by atoms with van der Waals surface area (Å²) in [7, 11) is 2.95. The van der Waals surface area contributed by atoms with E-state index in [9.17, 15) is 14.4 Å². The summed E-state index contributed by atoms with van der Waals surface area (Å²) >= 11 is 1.53. The van der Waals surface area contributed by atoms with Crippen molar-refractivity contribution >= 4 is 33.4 Å². The second kappa shape index (κ2) is 7.40. The lowest BCUT2D eigenvalue weighted by molar-refractivity contribution is 0.0985. The Kier molecular flexibility index (Phi) is 4.91. The molecule has 3 heterocycles. The van der Waals surface area contributed by atoms with Crippen molar-refractivity contribution in [1.29, 1.82) is 0 Å². The number of carbonyl (C=O) groups is 1. The van der Waals surface area contributed by atoms with Gasteiger partial charge in [0.2, 0.25) is 0 Å². The largest absolute Gasteiger partial charge is 0.332 e. The Morgan fingerprint density at radius 3 is 2.69 bits per heavy atom. The van der Waals surface area contributed by atoms with Gasteiger partial charge in [-0.15, -0.1) is 17.9 Å². The highest BCUT2D eigenvalue weighted by atomic mass is 32.1. The van der Waals surface area contributed by atoms with E-state index in [0.717, 1.165) is 35.9 Å². The number of anilines is 1. The minimum absolute atomic E-state index is 0.149. The van der Waals surface area contributed by atoms with Crippen molar-refractivity contribution in [3.8, 4) is 0 Å². The molecule has 0 spiro atoms. The van der Waals surface area contributed by atoms with Crippen LogP contribution in [0.15, 0.2) is 34.4 Å². The van der Waals surface area contributed by atoms with E-state index in [4.69, 9.17) is 0 Å². The van der Waals surface area contributed by atoms with Gasteiger partial charge in [-0.2, -0.15) is 0 Å². The van der Waals surface area contributed by atoms with Crippen LogP contribution >= 0.6 is 11.3 Å². The molecular weight excluding hydrogens is 390 g/mol. The quantitative estimate of drug-likeness (QED) is 0.611. The number of aryl methyl sites for hydroxylation is 3. The van der Waals surface area contributed by atoms with Crippen LogP contribution in [0.4, 0.5) is 5.13 Å². The number of nitrogens with zero attached hydrogens (tertiary/aromatic N) is 5. The second-order valence-electron chi connectivity index (χ2n) is 7.05. The number of aromatic nitrogens is 4. The standard InChI is InChI=1S/C20H21N5O3S/c1-4-11-25(19-22-13-7-5-6-8-15(13)29-19)18(27)14-10-9-12-16(21-14)23(2)20(28)24(3)17(12)26/h4,9-10H,1,5-8,11H2,2-3H3. The highest BCUT2D eigenvalue weighted by molar-refractivity contribution is 7.16. The predicted molar refractivity (Wildman–Crippen MR) is 113 cm³/mol. The molecule has 0 N–H and O–H groups in total. The normalized spacial score (nSPS) is 13.3. The lowest BCUT2D eigenvalue weighted by atomic mass is 10.0. The van der Waals surface area contributed by atoms with Crippen LogP contribution in [0.25, 0.3) is 11.0 Å². The van der Waals surface area contributed by atoms with E-state index < -0.39 is 11.2 Å². The number of thiazole rings is 1. The third-order valence-corrected chi connectivity index (χ3v) is 6.32. The number of fused-ring (bicyclic) bond motifs is 2. The highest BCUT2D eigenvalue weighted by Crippen LogP contribution is 2.32. The van der Waals surface area contributed by atoms with Gasteiger partial charge in [-0.1, -0.05) is 6.08 Å². The molecule has 0 bridgehead atoms. The molecule has 9 heteroatoms. The molecule has 0 atom stereocenters. The summed E-state index contributed by atoms with van der Waals surface area (Å²) in [5.74, 6) is -0.342. The molecule has 0 saturated carbocycles. The molecule has 4 rings (SSSR count). The van der Waals surface area contributed by atoms with Crippen molar-refractivity contribution < 1.29 is 4.79 Å². The first-order chi connectivity index (χ1) is 13.9. The summed E-state index contributed by atoms with van der Waals surface area (Å²) in [5, 5.41) is 0.910. The fourth-order valence-corrected chi connectivity index (χ4v) is 4.70. The van der Waals surface area contributed by atoms with Crippen molar-refractivity contribution in [2.75, 3.05) is 11.4 Å². The molecule has 1 amide bonds. The molecule has 0 unspecified atom stereocenters. The van der Waals surface area contributed by atoms with E-state index in [-0.39, 0.29) is 22.6 Å². The number of carbonyl (C=O) groups excluding carboxylic acids is 1. The summed E-state index contributed by atoms with van der Waals surface area (Å²) in [6.45, 7) is 4.05. The summed E-state index contributed by atoms with van der Waals surface area (Å²) in [6.07, 6.45) is 5.81. The molecule has 150 valence electrons. The fourth-order valence-electron chi connectivity index (χ4n) is 3.54. The highest BCUT2D eigenvalue weighted by Gasteiger charge is 2.25. The average Bonchev–Trinajstić information content (AvgIpc) is 3.17. The van der Waals surface area contributed by atoms with Crippen LogP contribution in [0.1, 0.15) is 33.9 Å². The number of hydrogen-bond donors (Lipinski definition) is 0. The van der Waals surface area contributed by atoms with Crippen molar-refractivity contribution in [3.63, 3.8) is 0 Å².